The summed E-state index contributed by atoms with van der Waals surface area (Å²) in [4.78, 5) is 2.58. The van der Waals surface area contributed by atoms with E-state index in [1.165, 1.54) is 50.7 Å². The second-order valence-electron chi connectivity index (χ2n) is 8.61. The summed E-state index contributed by atoms with van der Waals surface area (Å²) >= 11 is 0. The number of rotatable bonds is 6. The van der Waals surface area contributed by atoms with Crippen molar-refractivity contribution in [3.63, 3.8) is 0 Å². The second kappa shape index (κ2) is 8.27. The molecule has 5 heteroatoms. The Morgan fingerprint density at radius 3 is 2.67 bits per heavy atom. The van der Waals surface area contributed by atoms with Gasteiger partial charge in [0.1, 0.15) is 5.82 Å². The number of hydrogen-bond acceptors (Lipinski definition) is 4. The maximum Gasteiger partial charge on any atom is 0.170 e. The molecular formula is C22H31FN2O2. The minimum atomic E-state index is -0.278. The van der Waals surface area contributed by atoms with Crippen molar-refractivity contribution in [2.24, 2.45) is 5.41 Å². The Balaban J connectivity index is 1.33. The molecule has 1 N–H and O–H groups in total. The molecule has 0 spiro atoms. The fraction of sp³-hybridized carbons (Fsp3) is 0.682. The van der Waals surface area contributed by atoms with Gasteiger partial charge in [0.05, 0.1) is 5.69 Å². The van der Waals surface area contributed by atoms with Gasteiger partial charge in [0.15, 0.2) is 5.58 Å². The lowest BCUT2D eigenvalue weighted by Crippen LogP contribution is -2.37. The van der Waals surface area contributed by atoms with Crippen LogP contribution in [0.1, 0.15) is 69.4 Å². The summed E-state index contributed by atoms with van der Waals surface area (Å²) in [6.07, 6.45) is 10.9. The van der Waals surface area contributed by atoms with E-state index in [1.807, 2.05) is 0 Å². The summed E-state index contributed by atoms with van der Waals surface area (Å²) in [6.45, 7) is 3.62. The Morgan fingerprint density at radius 1 is 1.15 bits per heavy atom. The van der Waals surface area contributed by atoms with E-state index >= 15 is 0 Å². The molecule has 0 amide bonds. The third-order valence-corrected chi connectivity index (χ3v) is 6.95. The number of aromatic nitrogens is 1. The molecule has 1 aliphatic carbocycles. The third kappa shape index (κ3) is 4.19. The summed E-state index contributed by atoms with van der Waals surface area (Å²) in [7, 11) is 0. The molecule has 4 nitrogen and oxygen atoms in total. The van der Waals surface area contributed by atoms with Crippen LogP contribution in [0.4, 0.5) is 4.39 Å². The van der Waals surface area contributed by atoms with Crippen molar-refractivity contribution in [2.45, 2.75) is 63.7 Å². The Hall–Kier alpha value is -1.46. The average molecular weight is 375 g/mol. The van der Waals surface area contributed by atoms with Crippen LogP contribution >= 0.6 is 0 Å². The highest BCUT2D eigenvalue weighted by Gasteiger charge is 2.32. The normalized spacial score (nSPS) is 21.7. The first-order valence-corrected chi connectivity index (χ1v) is 10.6. The quantitative estimate of drug-likeness (QED) is 0.784. The van der Waals surface area contributed by atoms with Gasteiger partial charge in [-0.3, -0.25) is 0 Å². The van der Waals surface area contributed by atoms with Crippen molar-refractivity contribution in [1.29, 1.82) is 0 Å². The Kier molecular flexibility index (Phi) is 5.79. The van der Waals surface area contributed by atoms with E-state index in [9.17, 15) is 9.50 Å². The van der Waals surface area contributed by atoms with Gasteiger partial charge in [0.2, 0.25) is 0 Å². The molecule has 0 bridgehead atoms. The van der Waals surface area contributed by atoms with Gasteiger partial charge in [-0.25, -0.2) is 4.39 Å². The van der Waals surface area contributed by atoms with Crippen molar-refractivity contribution < 1.29 is 14.0 Å². The number of aliphatic hydroxyl groups excluding tert-OH is 1. The Morgan fingerprint density at radius 2 is 1.93 bits per heavy atom. The van der Waals surface area contributed by atoms with Crippen molar-refractivity contribution >= 4 is 11.0 Å². The highest BCUT2D eigenvalue weighted by molar-refractivity contribution is 5.79. The lowest BCUT2D eigenvalue weighted by molar-refractivity contribution is 0.0930. The molecule has 27 heavy (non-hydrogen) atoms. The van der Waals surface area contributed by atoms with Gasteiger partial charge in [0, 0.05) is 24.0 Å². The molecule has 0 radical (unpaired) electrons. The van der Waals surface area contributed by atoms with E-state index < -0.39 is 0 Å². The first-order valence-electron chi connectivity index (χ1n) is 10.6. The molecule has 1 aromatic carbocycles. The SMILES string of the molecule is OCCC1(CCN2CCC(c3noc4cc(F)ccc34)CC2)CCCCC1. The van der Waals surface area contributed by atoms with Gasteiger partial charge in [-0.2, -0.15) is 0 Å². The lowest BCUT2D eigenvalue weighted by atomic mass is 9.69. The van der Waals surface area contributed by atoms with Crippen molar-refractivity contribution in [2.75, 3.05) is 26.2 Å². The van der Waals surface area contributed by atoms with E-state index in [1.54, 1.807) is 6.07 Å². The monoisotopic (exact) mass is 374 g/mol. The van der Waals surface area contributed by atoms with Gasteiger partial charge in [-0.15, -0.1) is 0 Å². The van der Waals surface area contributed by atoms with Gasteiger partial charge < -0.3 is 14.5 Å². The number of halogens is 1. The average Bonchev–Trinajstić information content (AvgIpc) is 3.11. The second-order valence-corrected chi connectivity index (χ2v) is 8.61. The summed E-state index contributed by atoms with van der Waals surface area (Å²) in [6, 6.07) is 4.71. The Bertz CT molecular complexity index is 740. The number of fused-ring (bicyclic) bond motifs is 1. The molecule has 4 rings (SSSR count). The van der Waals surface area contributed by atoms with E-state index in [4.69, 9.17) is 4.52 Å². The van der Waals surface area contributed by atoms with Crippen LogP contribution in [0, 0.1) is 11.2 Å². The minimum absolute atomic E-state index is 0.278. The van der Waals surface area contributed by atoms with E-state index in [-0.39, 0.29) is 5.82 Å². The van der Waals surface area contributed by atoms with Gasteiger partial charge in [-0.05, 0) is 75.7 Å². The van der Waals surface area contributed by atoms with Gasteiger partial charge >= 0.3 is 0 Å². The van der Waals surface area contributed by atoms with E-state index in [2.05, 4.69) is 10.1 Å². The summed E-state index contributed by atoms with van der Waals surface area (Å²) in [5, 5.41) is 14.7. The third-order valence-electron chi connectivity index (χ3n) is 6.95. The number of aliphatic hydroxyl groups is 1. The first kappa shape index (κ1) is 18.9. The van der Waals surface area contributed by atoms with Crippen LogP contribution in [0.3, 0.4) is 0 Å². The summed E-state index contributed by atoms with van der Waals surface area (Å²) in [5.74, 6) is 0.119. The number of hydrogen-bond donors (Lipinski definition) is 1. The van der Waals surface area contributed by atoms with Gasteiger partial charge in [0.25, 0.3) is 0 Å². The zero-order chi connectivity index (χ0) is 18.7. The molecule has 1 saturated carbocycles. The van der Waals surface area contributed by atoms with Crippen molar-refractivity contribution in [3.8, 4) is 0 Å². The highest BCUT2D eigenvalue weighted by atomic mass is 19.1. The van der Waals surface area contributed by atoms with Crippen LogP contribution in [0.2, 0.25) is 0 Å². The Labute approximate surface area is 160 Å². The van der Waals surface area contributed by atoms with Crippen LogP contribution in [-0.2, 0) is 0 Å². The molecule has 1 aliphatic heterocycles. The topological polar surface area (TPSA) is 49.5 Å². The molecule has 2 heterocycles. The molecule has 1 aromatic heterocycles. The van der Waals surface area contributed by atoms with Crippen LogP contribution in [0.5, 0.6) is 0 Å². The predicted molar refractivity (Wildman–Crippen MR) is 104 cm³/mol. The summed E-state index contributed by atoms with van der Waals surface area (Å²) < 4.78 is 18.7. The number of benzene rings is 1. The van der Waals surface area contributed by atoms with E-state index in [0.717, 1.165) is 50.0 Å². The maximum absolute atomic E-state index is 13.4. The minimum Gasteiger partial charge on any atom is -0.396 e. The zero-order valence-corrected chi connectivity index (χ0v) is 16.1. The molecular weight excluding hydrogens is 343 g/mol. The molecule has 2 fully saturated rings. The molecule has 1 saturated heterocycles. The van der Waals surface area contributed by atoms with E-state index in [0.29, 0.717) is 23.5 Å². The molecule has 0 unspecified atom stereocenters. The van der Waals surface area contributed by atoms with Crippen LogP contribution < -0.4 is 0 Å². The molecule has 0 atom stereocenters. The van der Waals surface area contributed by atoms with Crippen LogP contribution in [-0.4, -0.2) is 41.4 Å². The van der Waals surface area contributed by atoms with Gasteiger partial charge in [-0.1, -0.05) is 24.4 Å². The highest BCUT2D eigenvalue weighted by Crippen LogP contribution is 2.42. The maximum atomic E-state index is 13.4. The van der Waals surface area contributed by atoms with Crippen molar-refractivity contribution in [3.05, 3.63) is 29.7 Å². The zero-order valence-electron chi connectivity index (χ0n) is 16.1. The number of likely N-dealkylation sites (tertiary alicyclic amines) is 1. The number of piperidine rings is 1. The van der Waals surface area contributed by atoms with Crippen molar-refractivity contribution in [1.82, 2.24) is 10.1 Å². The largest absolute Gasteiger partial charge is 0.396 e. The molecule has 148 valence electrons. The number of nitrogens with zero attached hydrogens (tertiary/aromatic N) is 2. The molecule has 2 aliphatic rings. The predicted octanol–water partition coefficient (Wildman–Crippen LogP) is 4.87. The molecule has 2 aromatic rings. The summed E-state index contributed by atoms with van der Waals surface area (Å²) in [5.41, 5.74) is 1.92. The standard InChI is InChI=1S/C22H31FN2O2/c23-18-4-5-19-20(16-18)27-24-21(19)17-6-12-25(13-7-17)14-10-22(11-15-26)8-2-1-3-9-22/h4-5,16-17,26H,1-3,6-15H2. The first-order chi connectivity index (χ1) is 13.2. The lowest BCUT2D eigenvalue weighted by Gasteiger charge is -2.40. The fourth-order valence-corrected chi connectivity index (χ4v) is 5.21. The fourth-order valence-electron chi connectivity index (χ4n) is 5.21. The van der Waals surface area contributed by atoms with Crippen LogP contribution in [0.15, 0.2) is 22.7 Å². The smallest absolute Gasteiger partial charge is 0.170 e. The van der Waals surface area contributed by atoms with Crippen LogP contribution in [0.25, 0.3) is 11.0 Å².